The summed E-state index contributed by atoms with van der Waals surface area (Å²) in [5.41, 5.74) is -0.824. The number of halogens is 6. The number of nitrogens with one attached hydrogen (secondary N) is 1. The van der Waals surface area contributed by atoms with Crippen LogP contribution in [0, 0.1) is 20.3 Å². The molecule has 0 aliphatic rings. The summed E-state index contributed by atoms with van der Waals surface area (Å²) in [5.74, 6) is -0.00886. The quantitative estimate of drug-likeness (QED) is 0.372. The van der Waals surface area contributed by atoms with E-state index in [1.165, 1.54) is 4.90 Å². The average Bonchev–Trinajstić information content (AvgIpc) is 2.81. The number of amidine groups is 1. The number of rotatable bonds is 2. The fourth-order valence-electron chi connectivity index (χ4n) is 1.98. The Morgan fingerprint density at radius 3 is 2.24 bits per heavy atom. The van der Waals surface area contributed by atoms with Crippen LogP contribution in [-0.4, -0.2) is 34.6 Å². The van der Waals surface area contributed by atoms with Crippen LogP contribution >= 0.6 is 45.8 Å². The predicted octanol–water partition coefficient (Wildman–Crippen LogP) is 4.56. The van der Waals surface area contributed by atoms with E-state index in [2.05, 4.69) is 5.10 Å². The third-order valence-corrected chi connectivity index (χ3v) is 4.76. The summed E-state index contributed by atoms with van der Waals surface area (Å²) >= 11 is 13.9. The first-order valence-corrected chi connectivity index (χ1v) is 8.34. The third-order valence-electron chi connectivity index (χ3n) is 3.16. The molecule has 5 nitrogen and oxygen atoms in total. The second kappa shape index (κ2) is 7.01. The molecule has 0 aliphatic carbocycles. The predicted molar refractivity (Wildman–Crippen MR) is 96.5 cm³/mol. The maximum atomic E-state index is 12.9. The first kappa shape index (κ1) is 19.8. The number of hydrogen-bond acceptors (Lipinski definition) is 3. The van der Waals surface area contributed by atoms with Crippen molar-refractivity contribution in [3.63, 3.8) is 0 Å². The van der Waals surface area contributed by atoms with Gasteiger partial charge in [0.1, 0.15) is 23.3 Å². The van der Waals surface area contributed by atoms with Gasteiger partial charge < -0.3 is 4.90 Å². The summed E-state index contributed by atoms with van der Waals surface area (Å²) in [7, 11) is 3.22. The van der Waals surface area contributed by atoms with E-state index >= 15 is 0 Å². The molecular formula is C14H9Cl2F3IN5. The van der Waals surface area contributed by atoms with Crippen LogP contribution in [0.15, 0.2) is 12.1 Å². The molecule has 0 saturated carbocycles. The zero-order chi connectivity index (χ0) is 19.1. The molecule has 11 heteroatoms. The first-order chi connectivity index (χ1) is 11.5. The maximum Gasteiger partial charge on any atom is 0.416 e. The maximum absolute atomic E-state index is 12.9. The van der Waals surface area contributed by atoms with Crippen molar-refractivity contribution in [3.8, 4) is 11.8 Å². The molecule has 1 N–H and O–H groups in total. The van der Waals surface area contributed by atoms with E-state index in [1.807, 2.05) is 28.7 Å². The summed E-state index contributed by atoms with van der Waals surface area (Å²) in [4.78, 5) is 1.46. The molecular weight excluding hydrogens is 493 g/mol. The second-order valence-corrected chi connectivity index (χ2v) is 6.96. The molecule has 25 heavy (non-hydrogen) atoms. The Balaban J connectivity index is 2.80. The van der Waals surface area contributed by atoms with Crippen molar-refractivity contribution >= 4 is 51.6 Å². The molecule has 2 rings (SSSR count). The lowest BCUT2D eigenvalue weighted by Gasteiger charge is -2.18. The highest BCUT2D eigenvalue weighted by molar-refractivity contribution is 14.1. The van der Waals surface area contributed by atoms with E-state index in [-0.39, 0.29) is 33.0 Å². The number of aromatic nitrogens is 2. The van der Waals surface area contributed by atoms with Gasteiger partial charge >= 0.3 is 6.18 Å². The monoisotopic (exact) mass is 501 g/mol. The van der Waals surface area contributed by atoms with Gasteiger partial charge in [-0.3, -0.25) is 5.41 Å². The molecule has 0 radical (unpaired) electrons. The minimum atomic E-state index is -4.61. The molecule has 2 aromatic rings. The molecule has 0 atom stereocenters. The highest BCUT2D eigenvalue weighted by Crippen LogP contribution is 2.38. The van der Waals surface area contributed by atoms with Crippen LogP contribution < -0.4 is 0 Å². The summed E-state index contributed by atoms with van der Waals surface area (Å²) in [6.45, 7) is 0. The van der Waals surface area contributed by atoms with Gasteiger partial charge in [-0.05, 0) is 34.7 Å². The van der Waals surface area contributed by atoms with Crippen molar-refractivity contribution in [2.24, 2.45) is 0 Å². The number of benzene rings is 1. The van der Waals surface area contributed by atoms with E-state index in [9.17, 15) is 18.4 Å². The topological polar surface area (TPSA) is 68.7 Å². The number of nitriles is 1. The first-order valence-electron chi connectivity index (χ1n) is 6.50. The molecule has 0 aliphatic heterocycles. The lowest BCUT2D eigenvalue weighted by Crippen LogP contribution is -2.25. The zero-order valence-corrected chi connectivity index (χ0v) is 16.4. The summed E-state index contributed by atoms with van der Waals surface area (Å²) in [5, 5.41) is 20.8. The van der Waals surface area contributed by atoms with E-state index in [0.29, 0.717) is 3.57 Å². The van der Waals surface area contributed by atoms with Gasteiger partial charge in [0.25, 0.3) is 0 Å². The second-order valence-electron chi connectivity index (χ2n) is 5.06. The molecule has 0 fully saturated rings. The van der Waals surface area contributed by atoms with Crippen LogP contribution in [0.2, 0.25) is 10.0 Å². The molecule has 132 valence electrons. The Bertz CT molecular complexity index is 876. The number of hydrogen-bond donors (Lipinski definition) is 1. The summed E-state index contributed by atoms with van der Waals surface area (Å²) in [6, 6.07) is 3.33. The van der Waals surface area contributed by atoms with Gasteiger partial charge in [0, 0.05) is 14.1 Å². The van der Waals surface area contributed by atoms with E-state index in [1.54, 1.807) is 14.1 Å². The summed E-state index contributed by atoms with van der Waals surface area (Å²) < 4.78 is 40.2. The Labute approximate surface area is 164 Å². The Morgan fingerprint density at radius 1 is 1.32 bits per heavy atom. The van der Waals surface area contributed by atoms with E-state index < -0.39 is 11.7 Å². The number of alkyl halides is 3. The number of nitrogens with zero attached hydrogens (tertiary/aromatic N) is 4. The average molecular weight is 502 g/mol. The minimum absolute atomic E-state index is 0.00855. The van der Waals surface area contributed by atoms with Crippen LogP contribution in [0.4, 0.5) is 13.2 Å². The largest absolute Gasteiger partial charge is 0.416 e. The van der Waals surface area contributed by atoms with Crippen molar-refractivity contribution in [2.75, 3.05) is 14.1 Å². The van der Waals surface area contributed by atoms with Gasteiger partial charge in [0.05, 0.1) is 19.2 Å². The zero-order valence-electron chi connectivity index (χ0n) is 12.7. The fourth-order valence-corrected chi connectivity index (χ4v) is 3.34. The lowest BCUT2D eigenvalue weighted by molar-refractivity contribution is -0.137. The lowest BCUT2D eigenvalue weighted by atomic mass is 10.2. The van der Waals surface area contributed by atoms with Crippen molar-refractivity contribution in [2.45, 2.75) is 6.18 Å². The smallest absolute Gasteiger partial charge is 0.361 e. The van der Waals surface area contributed by atoms with Crippen molar-refractivity contribution < 1.29 is 13.2 Å². The van der Waals surface area contributed by atoms with Gasteiger partial charge in [-0.2, -0.15) is 23.5 Å². The fraction of sp³-hybridized carbons (Fsp3) is 0.214. The van der Waals surface area contributed by atoms with Gasteiger partial charge in [-0.25, -0.2) is 4.68 Å². The van der Waals surface area contributed by atoms with Gasteiger partial charge in [-0.1, -0.05) is 23.2 Å². The highest BCUT2D eigenvalue weighted by Gasteiger charge is 2.33. The molecule has 1 aromatic heterocycles. The SMILES string of the molecule is CN(C)C(=N)c1c(I)c(C#N)nn1-c1c(Cl)cc(C(F)(F)F)cc1Cl. The Hall–Kier alpha value is -1.51. The Morgan fingerprint density at radius 2 is 1.84 bits per heavy atom. The van der Waals surface area contributed by atoms with Crippen LogP contribution in [0.25, 0.3) is 5.69 Å². The van der Waals surface area contributed by atoms with Crippen molar-refractivity contribution in [3.05, 3.63) is 42.7 Å². The normalized spacial score (nSPS) is 11.3. The highest BCUT2D eigenvalue weighted by atomic mass is 127. The van der Waals surface area contributed by atoms with Gasteiger partial charge in [0.2, 0.25) is 0 Å². The van der Waals surface area contributed by atoms with Gasteiger partial charge in [0.15, 0.2) is 5.69 Å². The van der Waals surface area contributed by atoms with Crippen LogP contribution in [-0.2, 0) is 6.18 Å². The summed E-state index contributed by atoms with van der Waals surface area (Å²) in [6.07, 6.45) is -4.61. The van der Waals surface area contributed by atoms with Crippen molar-refractivity contribution in [1.29, 1.82) is 10.7 Å². The van der Waals surface area contributed by atoms with Crippen LogP contribution in [0.1, 0.15) is 17.0 Å². The van der Waals surface area contributed by atoms with Crippen molar-refractivity contribution in [1.82, 2.24) is 14.7 Å². The molecule has 0 saturated heterocycles. The minimum Gasteiger partial charge on any atom is -0.361 e. The molecule has 0 unspecified atom stereocenters. The van der Waals surface area contributed by atoms with Gasteiger partial charge in [-0.15, -0.1) is 0 Å². The third kappa shape index (κ3) is 3.70. The standard InChI is InChI=1S/C14H9Cl2F3IN5/c1-24(2)13(22)12-10(20)9(5-21)23-25(12)11-7(15)3-6(4-8(11)16)14(17,18)19/h3-4,22H,1-2H3. The van der Waals surface area contributed by atoms with E-state index in [0.717, 1.165) is 16.8 Å². The van der Waals surface area contributed by atoms with E-state index in [4.69, 9.17) is 28.6 Å². The Kier molecular flexibility index (Phi) is 5.56. The van der Waals surface area contributed by atoms with Crippen LogP contribution in [0.5, 0.6) is 0 Å². The molecule has 0 amide bonds. The molecule has 0 spiro atoms. The van der Waals surface area contributed by atoms with Crippen LogP contribution in [0.3, 0.4) is 0 Å². The molecule has 1 aromatic carbocycles. The molecule has 1 heterocycles. The molecule has 0 bridgehead atoms.